The Morgan fingerprint density at radius 1 is 1.55 bits per heavy atom. The summed E-state index contributed by atoms with van der Waals surface area (Å²) in [5.74, 6) is 5.15. The molecule has 20 heavy (non-hydrogen) atoms. The van der Waals surface area contributed by atoms with Crippen molar-refractivity contribution in [3.05, 3.63) is 35.9 Å². The highest BCUT2D eigenvalue weighted by molar-refractivity contribution is 5.84. The van der Waals surface area contributed by atoms with Gasteiger partial charge in [0.1, 0.15) is 5.82 Å². The molecule has 1 aromatic carbocycles. The van der Waals surface area contributed by atoms with E-state index in [1.165, 1.54) is 17.3 Å². The van der Waals surface area contributed by atoms with Gasteiger partial charge in [-0.2, -0.15) is 0 Å². The lowest BCUT2D eigenvalue weighted by Crippen LogP contribution is -2.28. The third-order valence-electron chi connectivity index (χ3n) is 2.91. The van der Waals surface area contributed by atoms with Crippen molar-refractivity contribution in [3.63, 3.8) is 0 Å². The minimum atomic E-state index is -0.464. The van der Waals surface area contributed by atoms with E-state index in [-0.39, 0.29) is 19.0 Å². The molecule has 1 heterocycles. The van der Waals surface area contributed by atoms with Gasteiger partial charge in [0, 0.05) is 24.5 Å². The van der Waals surface area contributed by atoms with Crippen LogP contribution in [0.3, 0.4) is 0 Å². The van der Waals surface area contributed by atoms with Crippen molar-refractivity contribution < 1.29 is 9.18 Å². The lowest BCUT2D eigenvalue weighted by atomic mass is 10.2. The standard InChI is InChI=1S/C12H17FN6O/c13-10-3-9(19(16)5-8(15)4-14)1-2-11(10)18-6-12(20)17-7-18/h1-3,5H,4,6-7,14-16H2,(H,17,20)/b8-5-. The number of benzene rings is 1. The number of anilines is 2. The molecule has 0 bridgehead atoms. The molecule has 7 N–H and O–H groups in total. The molecule has 2 rings (SSSR count). The molecule has 108 valence electrons. The molecule has 1 aliphatic heterocycles. The lowest BCUT2D eigenvalue weighted by Gasteiger charge is -2.19. The summed E-state index contributed by atoms with van der Waals surface area (Å²) in [6, 6.07) is 4.48. The highest BCUT2D eigenvalue weighted by Crippen LogP contribution is 2.24. The molecule has 0 aliphatic carbocycles. The van der Waals surface area contributed by atoms with E-state index in [1.54, 1.807) is 17.0 Å². The SMILES string of the molecule is NC/C(N)=C/N(N)c1ccc(N2CNC(=O)C2)c(F)c1. The summed E-state index contributed by atoms with van der Waals surface area (Å²) < 4.78 is 14.1. The van der Waals surface area contributed by atoms with E-state index in [0.717, 1.165) is 0 Å². The van der Waals surface area contributed by atoms with Crippen molar-refractivity contribution in [2.75, 3.05) is 29.7 Å². The molecule has 1 fully saturated rings. The van der Waals surface area contributed by atoms with Gasteiger partial charge in [-0.3, -0.25) is 9.80 Å². The third kappa shape index (κ3) is 2.98. The Morgan fingerprint density at radius 3 is 2.85 bits per heavy atom. The van der Waals surface area contributed by atoms with Gasteiger partial charge in [0.25, 0.3) is 0 Å². The lowest BCUT2D eigenvalue weighted by molar-refractivity contribution is -0.118. The van der Waals surface area contributed by atoms with Gasteiger partial charge in [-0.05, 0) is 12.1 Å². The summed E-state index contributed by atoms with van der Waals surface area (Å²) in [5.41, 5.74) is 12.1. The smallest absolute Gasteiger partial charge is 0.240 e. The van der Waals surface area contributed by atoms with Crippen LogP contribution in [0.25, 0.3) is 0 Å². The summed E-state index contributed by atoms with van der Waals surface area (Å²) in [5, 5.41) is 3.81. The number of carbonyl (C=O) groups excluding carboxylic acids is 1. The molecule has 7 nitrogen and oxygen atoms in total. The van der Waals surface area contributed by atoms with E-state index in [2.05, 4.69) is 5.32 Å². The monoisotopic (exact) mass is 280 g/mol. The molecule has 0 spiro atoms. The first-order valence-corrected chi connectivity index (χ1v) is 6.02. The maximum atomic E-state index is 14.1. The second-order valence-electron chi connectivity index (χ2n) is 4.41. The van der Waals surface area contributed by atoms with Crippen LogP contribution in [0, 0.1) is 5.82 Å². The highest BCUT2D eigenvalue weighted by Gasteiger charge is 2.21. The normalized spacial score (nSPS) is 15.4. The summed E-state index contributed by atoms with van der Waals surface area (Å²) in [6.45, 7) is 0.597. The van der Waals surface area contributed by atoms with Gasteiger partial charge in [0.15, 0.2) is 0 Å². The van der Waals surface area contributed by atoms with Gasteiger partial charge in [-0.15, -0.1) is 0 Å². The topological polar surface area (TPSA) is 114 Å². The maximum absolute atomic E-state index is 14.1. The van der Waals surface area contributed by atoms with Crippen LogP contribution in [0.4, 0.5) is 15.8 Å². The molecular formula is C12H17FN6O. The third-order valence-corrected chi connectivity index (χ3v) is 2.91. The highest BCUT2D eigenvalue weighted by atomic mass is 19.1. The fourth-order valence-corrected chi connectivity index (χ4v) is 1.86. The Kier molecular flexibility index (Phi) is 4.06. The van der Waals surface area contributed by atoms with E-state index >= 15 is 0 Å². The molecule has 0 unspecified atom stereocenters. The van der Waals surface area contributed by atoms with Crippen LogP contribution in [0.1, 0.15) is 0 Å². The van der Waals surface area contributed by atoms with Gasteiger partial charge in [-0.1, -0.05) is 0 Å². The summed E-state index contributed by atoms with van der Waals surface area (Å²) in [7, 11) is 0. The van der Waals surface area contributed by atoms with Crippen LogP contribution >= 0.6 is 0 Å². The first-order chi connectivity index (χ1) is 9.51. The van der Waals surface area contributed by atoms with E-state index < -0.39 is 5.82 Å². The first kappa shape index (κ1) is 14.1. The number of amides is 1. The second-order valence-corrected chi connectivity index (χ2v) is 4.41. The average Bonchev–Trinajstić information content (AvgIpc) is 2.84. The van der Waals surface area contributed by atoms with Crippen LogP contribution in [0.15, 0.2) is 30.1 Å². The number of hydrazine groups is 1. The predicted octanol–water partition coefficient (Wildman–Crippen LogP) is -0.842. The number of nitrogens with one attached hydrogen (secondary N) is 1. The number of nitrogens with two attached hydrogens (primary N) is 3. The Balaban J connectivity index is 2.19. The van der Waals surface area contributed by atoms with Gasteiger partial charge in [-0.25, -0.2) is 10.2 Å². The van der Waals surface area contributed by atoms with Crippen molar-refractivity contribution in [3.8, 4) is 0 Å². The molecule has 1 amide bonds. The number of carbonyl (C=O) groups is 1. The Morgan fingerprint density at radius 2 is 2.30 bits per heavy atom. The van der Waals surface area contributed by atoms with Gasteiger partial charge >= 0.3 is 0 Å². The Bertz CT molecular complexity index is 547. The van der Waals surface area contributed by atoms with Crippen molar-refractivity contribution >= 4 is 17.3 Å². The van der Waals surface area contributed by atoms with E-state index in [4.69, 9.17) is 17.3 Å². The average molecular weight is 280 g/mol. The number of rotatable bonds is 4. The summed E-state index contributed by atoms with van der Waals surface area (Å²) >= 11 is 0. The van der Waals surface area contributed by atoms with Gasteiger partial charge < -0.3 is 21.7 Å². The molecule has 1 aromatic rings. The zero-order valence-electron chi connectivity index (χ0n) is 10.8. The molecule has 0 atom stereocenters. The molecule has 0 saturated carbocycles. The minimum Gasteiger partial charge on any atom is -0.400 e. The molecule has 1 aliphatic rings. The van der Waals surface area contributed by atoms with Crippen molar-refractivity contribution in [2.45, 2.75) is 0 Å². The molecular weight excluding hydrogens is 263 g/mol. The molecule has 8 heteroatoms. The number of nitrogens with zero attached hydrogens (tertiary/aromatic N) is 2. The quantitative estimate of drug-likeness (QED) is 0.422. The van der Waals surface area contributed by atoms with Crippen molar-refractivity contribution in [2.24, 2.45) is 17.3 Å². The Labute approximate surface area is 115 Å². The second kappa shape index (κ2) is 5.76. The van der Waals surface area contributed by atoms with Crippen LogP contribution in [-0.2, 0) is 4.79 Å². The zero-order valence-corrected chi connectivity index (χ0v) is 10.8. The summed E-state index contributed by atoms with van der Waals surface area (Å²) in [4.78, 5) is 12.7. The molecule has 0 radical (unpaired) electrons. The van der Waals surface area contributed by atoms with Crippen molar-refractivity contribution in [1.82, 2.24) is 5.32 Å². The summed E-state index contributed by atoms with van der Waals surface area (Å²) in [6.07, 6.45) is 1.43. The maximum Gasteiger partial charge on any atom is 0.240 e. The van der Waals surface area contributed by atoms with Crippen LogP contribution in [0.5, 0.6) is 0 Å². The van der Waals surface area contributed by atoms with E-state index in [9.17, 15) is 9.18 Å². The zero-order chi connectivity index (χ0) is 14.7. The van der Waals surface area contributed by atoms with E-state index in [0.29, 0.717) is 23.7 Å². The van der Waals surface area contributed by atoms with Gasteiger partial charge in [0.05, 0.1) is 24.6 Å². The van der Waals surface area contributed by atoms with Gasteiger partial charge in [0.2, 0.25) is 5.91 Å². The number of halogens is 1. The van der Waals surface area contributed by atoms with Crippen LogP contribution < -0.4 is 32.5 Å². The minimum absolute atomic E-state index is 0.132. The predicted molar refractivity (Wildman–Crippen MR) is 74.7 cm³/mol. The van der Waals surface area contributed by atoms with Crippen molar-refractivity contribution in [1.29, 1.82) is 0 Å². The first-order valence-electron chi connectivity index (χ1n) is 6.02. The van der Waals surface area contributed by atoms with E-state index in [1.807, 2.05) is 0 Å². The number of hydrogen-bond acceptors (Lipinski definition) is 6. The van der Waals surface area contributed by atoms with Crippen LogP contribution in [-0.4, -0.2) is 25.7 Å². The largest absolute Gasteiger partial charge is 0.400 e. The van der Waals surface area contributed by atoms with Crippen LogP contribution in [0.2, 0.25) is 0 Å². The fraction of sp³-hybridized carbons (Fsp3) is 0.250. The molecule has 1 saturated heterocycles. The number of hydrogen-bond donors (Lipinski definition) is 4. The Hall–Kier alpha value is -2.32. The fourth-order valence-electron chi connectivity index (χ4n) is 1.86. The molecule has 0 aromatic heterocycles.